The number of alkyl halides is 1. The van der Waals surface area contributed by atoms with Gasteiger partial charge in [0.15, 0.2) is 20.5 Å². The van der Waals surface area contributed by atoms with E-state index in [0.717, 1.165) is 0 Å². The largest absolute Gasteiger partial charge is 0.223 e. The van der Waals surface area contributed by atoms with Gasteiger partial charge in [-0.3, -0.25) is 0 Å². The lowest BCUT2D eigenvalue weighted by Crippen LogP contribution is -2.10. The predicted octanol–water partition coefficient (Wildman–Crippen LogP) is 0.742. The summed E-state index contributed by atoms with van der Waals surface area (Å²) in [6.45, 7) is 0. The van der Waals surface area contributed by atoms with Gasteiger partial charge >= 0.3 is 0 Å². The summed E-state index contributed by atoms with van der Waals surface area (Å²) in [4.78, 5) is 3.98. The van der Waals surface area contributed by atoms with Crippen molar-refractivity contribution >= 4 is 27.1 Å². The zero-order chi connectivity index (χ0) is 10.9. The summed E-state index contributed by atoms with van der Waals surface area (Å²) in [5, 5.41) is 3.96. The molecule has 5 nitrogen and oxygen atoms in total. The summed E-state index contributed by atoms with van der Waals surface area (Å²) in [5.41, 5.74) is 0.505. The molecule has 0 saturated carbocycles. The molecule has 0 unspecified atom stereocenters. The van der Waals surface area contributed by atoms with Gasteiger partial charge in [-0.1, -0.05) is 0 Å². The summed E-state index contributed by atoms with van der Waals surface area (Å²) >= 11 is 5.41. The molecule has 0 bridgehead atoms. The highest BCUT2D eigenvalue weighted by molar-refractivity contribution is 7.91. The number of hydrogen-bond donors (Lipinski definition) is 0. The van der Waals surface area contributed by atoms with Crippen LogP contribution in [0.3, 0.4) is 0 Å². The SMILES string of the molecule is O=S(=O)(CCCl)c1ccn2nccc2n1. The molecule has 0 amide bonds. The van der Waals surface area contributed by atoms with Crippen LogP contribution >= 0.6 is 11.6 Å². The summed E-state index contributed by atoms with van der Waals surface area (Å²) < 4.78 is 24.7. The van der Waals surface area contributed by atoms with E-state index >= 15 is 0 Å². The first kappa shape index (κ1) is 10.4. The van der Waals surface area contributed by atoms with E-state index in [9.17, 15) is 8.42 Å². The molecule has 2 rings (SSSR count). The number of aromatic nitrogens is 3. The standard InChI is InChI=1S/C8H8ClN3O2S/c9-3-6-15(13,14)8-2-5-12-7(11-8)1-4-10-12/h1-2,4-5H,3,6H2. The second-order valence-electron chi connectivity index (χ2n) is 2.91. The first-order chi connectivity index (χ1) is 7.13. The molecule has 0 atom stereocenters. The molecule has 0 N–H and O–H groups in total. The van der Waals surface area contributed by atoms with Crippen molar-refractivity contribution in [1.82, 2.24) is 14.6 Å². The molecule has 0 saturated heterocycles. The Morgan fingerprint density at radius 3 is 2.93 bits per heavy atom. The molecule has 0 aliphatic heterocycles. The van der Waals surface area contributed by atoms with E-state index in [-0.39, 0.29) is 16.7 Å². The van der Waals surface area contributed by atoms with E-state index in [2.05, 4.69) is 10.1 Å². The fourth-order valence-electron chi connectivity index (χ4n) is 1.17. The molecule has 2 heterocycles. The van der Waals surface area contributed by atoms with Gasteiger partial charge in [-0.25, -0.2) is 17.9 Å². The van der Waals surface area contributed by atoms with Crippen LogP contribution in [0.4, 0.5) is 0 Å². The molecule has 7 heteroatoms. The Balaban J connectivity index is 2.52. The summed E-state index contributed by atoms with van der Waals surface area (Å²) in [5.74, 6) is -0.0413. The third-order valence-corrected chi connectivity index (χ3v) is 3.92. The highest BCUT2D eigenvalue weighted by Gasteiger charge is 2.15. The van der Waals surface area contributed by atoms with Gasteiger partial charge in [-0.05, 0) is 6.07 Å². The maximum Gasteiger partial charge on any atom is 0.196 e. The van der Waals surface area contributed by atoms with E-state index in [4.69, 9.17) is 11.6 Å². The molecular formula is C8H8ClN3O2S. The second kappa shape index (κ2) is 3.79. The third kappa shape index (κ3) is 1.95. The Morgan fingerprint density at radius 1 is 1.40 bits per heavy atom. The monoisotopic (exact) mass is 245 g/mol. The van der Waals surface area contributed by atoms with Crippen molar-refractivity contribution in [2.75, 3.05) is 11.6 Å². The van der Waals surface area contributed by atoms with Crippen molar-refractivity contribution in [3.05, 3.63) is 24.5 Å². The van der Waals surface area contributed by atoms with Crippen LogP contribution in [-0.2, 0) is 9.84 Å². The van der Waals surface area contributed by atoms with Crippen molar-refractivity contribution in [2.45, 2.75) is 5.03 Å². The van der Waals surface area contributed by atoms with Crippen molar-refractivity contribution in [3.63, 3.8) is 0 Å². The first-order valence-electron chi connectivity index (χ1n) is 4.22. The van der Waals surface area contributed by atoms with Crippen LogP contribution in [0.2, 0.25) is 0 Å². The maximum atomic E-state index is 11.6. The lowest BCUT2D eigenvalue weighted by Gasteiger charge is -2.01. The van der Waals surface area contributed by atoms with Crippen molar-refractivity contribution in [1.29, 1.82) is 0 Å². The number of fused-ring (bicyclic) bond motifs is 1. The predicted molar refractivity (Wildman–Crippen MR) is 55.8 cm³/mol. The van der Waals surface area contributed by atoms with Crippen LogP contribution in [0.1, 0.15) is 0 Å². The molecule has 0 aromatic carbocycles. The minimum Gasteiger partial charge on any atom is -0.223 e. The first-order valence-corrected chi connectivity index (χ1v) is 6.41. The van der Waals surface area contributed by atoms with Crippen LogP contribution in [0, 0.1) is 0 Å². The Labute approximate surface area is 91.6 Å². The Kier molecular flexibility index (Phi) is 2.62. The lowest BCUT2D eigenvalue weighted by atomic mass is 10.6. The minimum atomic E-state index is -3.36. The van der Waals surface area contributed by atoms with Gasteiger partial charge in [0.1, 0.15) is 0 Å². The van der Waals surface area contributed by atoms with Gasteiger partial charge in [-0.2, -0.15) is 5.10 Å². The molecule has 0 aliphatic carbocycles. The van der Waals surface area contributed by atoms with Crippen LogP contribution < -0.4 is 0 Å². The molecule has 2 aromatic heterocycles. The fourth-order valence-corrected chi connectivity index (χ4v) is 2.70. The molecular weight excluding hydrogens is 238 g/mol. The fraction of sp³-hybridized carbons (Fsp3) is 0.250. The van der Waals surface area contributed by atoms with E-state index in [1.807, 2.05) is 0 Å². The molecule has 0 aliphatic rings. The quantitative estimate of drug-likeness (QED) is 0.591. The van der Waals surface area contributed by atoms with Gasteiger partial charge in [0, 0.05) is 18.1 Å². The van der Waals surface area contributed by atoms with Gasteiger partial charge in [0.2, 0.25) is 0 Å². The summed E-state index contributed by atoms with van der Waals surface area (Å²) in [6, 6.07) is 3.06. The topological polar surface area (TPSA) is 64.3 Å². The minimum absolute atomic E-state index is 0.0381. The van der Waals surface area contributed by atoms with E-state index in [1.165, 1.54) is 10.6 Å². The van der Waals surface area contributed by atoms with E-state index < -0.39 is 9.84 Å². The van der Waals surface area contributed by atoms with Crippen LogP contribution in [-0.4, -0.2) is 34.6 Å². The Morgan fingerprint density at radius 2 is 2.20 bits per heavy atom. The molecule has 0 fully saturated rings. The lowest BCUT2D eigenvalue weighted by molar-refractivity contribution is 0.593. The highest BCUT2D eigenvalue weighted by atomic mass is 35.5. The zero-order valence-electron chi connectivity index (χ0n) is 7.67. The number of rotatable bonds is 3. The smallest absolute Gasteiger partial charge is 0.196 e. The second-order valence-corrected chi connectivity index (χ2v) is 5.34. The van der Waals surface area contributed by atoms with Gasteiger partial charge in [0.25, 0.3) is 0 Å². The maximum absolute atomic E-state index is 11.6. The zero-order valence-corrected chi connectivity index (χ0v) is 9.24. The normalized spacial score (nSPS) is 12.1. The molecule has 2 aromatic rings. The number of sulfone groups is 1. The third-order valence-electron chi connectivity index (χ3n) is 1.90. The number of halogens is 1. The Hall–Kier alpha value is -1.14. The van der Waals surface area contributed by atoms with Crippen LogP contribution in [0.15, 0.2) is 29.6 Å². The van der Waals surface area contributed by atoms with Crippen molar-refractivity contribution < 1.29 is 8.42 Å². The molecule has 0 radical (unpaired) electrons. The average molecular weight is 246 g/mol. The van der Waals surface area contributed by atoms with Gasteiger partial charge in [-0.15, -0.1) is 11.6 Å². The number of nitrogens with zero attached hydrogens (tertiary/aromatic N) is 3. The van der Waals surface area contributed by atoms with Crippen LogP contribution in [0.5, 0.6) is 0 Å². The number of hydrogen-bond acceptors (Lipinski definition) is 4. The van der Waals surface area contributed by atoms with E-state index in [1.54, 1.807) is 18.5 Å². The summed E-state index contributed by atoms with van der Waals surface area (Å²) in [6.07, 6.45) is 3.11. The molecule has 80 valence electrons. The van der Waals surface area contributed by atoms with Crippen molar-refractivity contribution in [3.8, 4) is 0 Å². The molecule has 15 heavy (non-hydrogen) atoms. The van der Waals surface area contributed by atoms with Crippen LogP contribution in [0.25, 0.3) is 5.65 Å². The van der Waals surface area contributed by atoms with Gasteiger partial charge < -0.3 is 0 Å². The van der Waals surface area contributed by atoms with Crippen molar-refractivity contribution in [2.24, 2.45) is 0 Å². The van der Waals surface area contributed by atoms with E-state index in [0.29, 0.717) is 5.65 Å². The highest BCUT2D eigenvalue weighted by Crippen LogP contribution is 2.09. The Bertz CT molecular complexity index is 578. The average Bonchev–Trinajstić information content (AvgIpc) is 2.63. The van der Waals surface area contributed by atoms with Gasteiger partial charge in [0.05, 0.1) is 11.9 Å². The summed E-state index contributed by atoms with van der Waals surface area (Å²) in [7, 11) is -3.36. The molecule has 0 spiro atoms.